The molecule has 6 heteroatoms. The Morgan fingerprint density at radius 3 is 2.56 bits per heavy atom. The molecule has 0 saturated carbocycles. The highest BCUT2D eigenvalue weighted by Gasteiger charge is 2.16. The first kappa shape index (κ1) is 13.1. The minimum absolute atomic E-state index is 0.0355. The summed E-state index contributed by atoms with van der Waals surface area (Å²) >= 11 is 0. The lowest BCUT2D eigenvalue weighted by Crippen LogP contribution is -2.30. The van der Waals surface area contributed by atoms with Crippen LogP contribution < -0.4 is 4.72 Å². The maximum absolute atomic E-state index is 13.0. The highest BCUT2D eigenvalue weighted by atomic mass is 32.2. The van der Waals surface area contributed by atoms with Gasteiger partial charge in [-0.2, -0.15) is 0 Å². The summed E-state index contributed by atoms with van der Waals surface area (Å²) in [6.07, 6.45) is 0. The fraction of sp³-hybridized carbons (Fsp3) is 0.400. The third-order valence-corrected chi connectivity index (χ3v) is 3.54. The molecule has 0 heterocycles. The molecule has 0 fully saturated rings. The van der Waals surface area contributed by atoms with Crippen LogP contribution in [0.15, 0.2) is 23.1 Å². The third kappa shape index (κ3) is 3.01. The van der Waals surface area contributed by atoms with E-state index in [0.29, 0.717) is 0 Å². The van der Waals surface area contributed by atoms with Gasteiger partial charge in [0.05, 0.1) is 11.5 Å². The van der Waals surface area contributed by atoms with Gasteiger partial charge in [0.2, 0.25) is 10.0 Å². The molecule has 0 spiro atoms. The molecule has 1 aromatic rings. The Hall–Kier alpha value is -0.980. The van der Waals surface area contributed by atoms with Crippen molar-refractivity contribution in [2.75, 3.05) is 0 Å². The molecule has 0 atom stereocenters. The molecule has 2 N–H and O–H groups in total. The van der Waals surface area contributed by atoms with Crippen molar-refractivity contribution in [3.8, 4) is 0 Å². The second-order valence-corrected chi connectivity index (χ2v) is 5.40. The summed E-state index contributed by atoms with van der Waals surface area (Å²) < 4.78 is 38.8. The van der Waals surface area contributed by atoms with E-state index in [1.807, 2.05) is 0 Å². The first-order valence-corrected chi connectivity index (χ1v) is 6.26. The molecule has 0 saturated heterocycles. The Balaban J connectivity index is 3.14. The molecule has 0 aliphatic carbocycles. The van der Waals surface area contributed by atoms with Crippen LogP contribution in [0.3, 0.4) is 0 Å². The van der Waals surface area contributed by atoms with Gasteiger partial charge >= 0.3 is 0 Å². The lowest BCUT2D eigenvalue weighted by Gasteiger charge is -2.10. The van der Waals surface area contributed by atoms with E-state index in [1.165, 1.54) is 6.07 Å². The van der Waals surface area contributed by atoms with Crippen LogP contribution in [0.25, 0.3) is 0 Å². The first-order chi connectivity index (χ1) is 7.36. The minimum Gasteiger partial charge on any atom is -0.392 e. The van der Waals surface area contributed by atoms with E-state index >= 15 is 0 Å². The van der Waals surface area contributed by atoms with Crippen LogP contribution >= 0.6 is 0 Å². The Morgan fingerprint density at radius 1 is 1.44 bits per heavy atom. The molecule has 4 nitrogen and oxygen atoms in total. The molecule has 0 amide bonds. The van der Waals surface area contributed by atoms with Crippen LogP contribution in [0, 0.1) is 5.82 Å². The van der Waals surface area contributed by atoms with E-state index in [9.17, 15) is 12.8 Å². The molecule has 0 unspecified atom stereocenters. The summed E-state index contributed by atoms with van der Waals surface area (Å²) in [5.74, 6) is -0.619. The molecule has 0 aliphatic rings. The number of rotatable bonds is 4. The normalized spacial score (nSPS) is 12.1. The maximum Gasteiger partial charge on any atom is 0.240 e. The van der Waals surface area contributed by atoms with Gasteiger partial charge in [0.25, 0.3) is 0 Å². The number of sulfonamides is 1. The topological polar surface area (TPSA) is 66.4 Å². The number of benzene rings is 1. The zero-order valence-corrected chi connectivity index (χ0v) is 9.88. The average Bonchev–Trinajstić information content (AvgIpc) is 2.16. The summed E-state index contributed by atoms with van der Waals surface area (Å²) in [7, 11) is -3.64. The Kier molecular flexibility index (Phi) is 4.01. The molecular formula is C10H14FNO3S. The van der Waals surface area contributed by atoms with E-state index < -0.39 is 22.4 Å². The van der Waals surface area contributed by atoms with Crippen LogP contribution in [-0.2, 0) is 16.6 Å². The monoisotopic (exact) mass is 247 g/mol. The molecule has 16 heavy (non-hydrogen) atoms. The largest absolute Gasteiger partial charge is 0.392 e. The van der Waals surface area contributed by atoms with Crippen LogP contribution in [0.1, 0.15) is 19.4 Å². The fourth-order valence-electron chi connectivity index (χ4n) is 1.22. The third-order valence-electron chi connectivity index (χ3n) is 1.89. The number of halogens is 1. The number of aliphatic hydroxyl groups is 1. The fourth-order valence-corrected chi connectivity index (χ4v) is 2.52. The van der Waals surface area contributed by atoms with E-state index in [0.717, 1.165) is 12.1 Å². The van der Waals surface area contributed by atoms with Crippen molar-refractivity contribution in [3.05, 3.63) is 29.6 Å². The van der Waals surface area contributed by atoms with Gasteiger partial charge in [-0.1, -0.05) is 0 Å². The van der Waals surface area contributed by atoms with Gasteiger partial charge in [0, 0.05) is 11.6 Å². The second-order valence-electron chi connectivity index (χ2n) is 3.69. The second kappa shape index (κ2) is 4.90. The molecule has 0 radical (unpaired) electrons. The van der Waals surface area contributed by atoms with Crippen molar-refractivity contribution >= 4 is 10.0 Å². The summed E-state index contributed by atoms with van der Waals surface area (Å²) in [6, 6.07) is 3.08. The van der Waals surface area contributed by atoms with Gasteiger partial charge in [-0.25, -0.2) is 17.5 Å². The van der Waals surface area contributed by atoms with Crippen molar-refractivity contribution in [2.24, 2.45) is 0 Å². The SMILES string of the molecule is CC(C)NS(=O)(=O)c1ccc(F)c(CO)c1. The number of aliphatic hydroxyl groups excluding tert-OH is 1. The first-order valence-electron chi connectivity index (χ1n) is 4.78. The molecule has 90 valence electrons. The summed E-state index contributed by atoms with van der Waals surface area (Å²) in [5, 5.41) is 8.84. The molecule has 0 aromatic heterocycles. The standard InChI is InChI=1S/C10H14FNO3S/c1-7(2)12-16(14,15)9-3-4-10(11)8(5-9)6-13/h3-5,7,12-13H,6H2,1-2H3. The molecule has 0 aliphatic heterocycles. The zero-order valence-electron chi connectivity index (χ0n) is 9.07. The molecular weight excluding hydrogens is 233 g/mol. The van der Waals surface area contributed by atoms with Gasteiger partial charge in [-0.15, -0.1) is 0 Å². The molecule has 1 aromatic carbocycles. The Labute approximate surface area is 94.2 Å². The smallest absolute Gasteiger partial charge is 0.240 e. The maximum atomic E-state index is 13.0. The van der Waals surface area contributed by atoms with E-state index in [-0.39, 0.29) is 16.5 Å². The van der Waals surface area contributed by atoms with E-state index in [1.54, 1.807) is 13.8 Å². The highest BCUT2D eigenvalue weighted by molar-refractivity contribution is 7.89. The van der Waals surface area contributed by atoms with Gasteiger partial charge < -0.3 is 5.11 Å². The predicted octanol–water partition coefficient (Wildman–Crippen LogP) is 1.00. The van der Waals surface area contributed by atoms with Crippen molar-refractivity contribution in [2.45, 2.75) is 31.4 Å². The summed E-state index contributed by atoms with van der Waals surface area (Å²) in [5.41, 5.74) is -0.0355. The van der Waals surface area contributed by atoms with Crippen molar-refractivity contribution in [1.29, 1.82) is 0 Å². The number of nitrogens with one attached hydrogen (secondary N) is 1. The molecule has 1 rings (SSSR count). The van der Waals surface area contributed by atoms with Gasteiger partial charge in [-0.05, 0) is 32.0 Å². The minimum atomic E-state index is -3.64. The average molecular weight is 247 g/mol. The van der Waals surface area contributed by atoms with Crippen LogP contribution in [0.2, 0.25) is 0 Å². The molecule has 0 bridgehead atoms. The Morgan fingerprint density at radius 2 is 2.06 bits per heavy atom. The zero-order chi connectivity index (χ0) is 12.3. The van der Waals surface area contributed by atoms with Crippen LogP contribution in [-0.4, -0.2) is 19.6 Å². The van der Waals surface area contributed by atoms with Crippen molar-refractivity contribution in [1.82, 2.24) is 4.72 Å². The lowest BCUT2D eigenvalue weighted by molar-refractivity contribution is 0.275. The van der Waals surface area contributed by atoms with Crippen LogP contribution in [0.5, 0.6) is 0 Å². The van der Waals surface area contributed by atoms with E-state index in [4.69, 9.17) is 5.11 Å². The Bertz CT molecular complexity index is 471. The predicted molar refractivity (Wildman–Crippen MR) is 57.8 cm³/mol. The highest BCUT2D eigenvalue weighted by Crippen LogP contribution is 2.15. The summed E-state index contributed by atoms with van der Waals surface area (Å²) in [4.78, 5) is -0.0494. The van der Waals surface area contributed by atoms with Crippen LogP contribution in [0.4, 0.5) is 4.39 Å². The van der Waals surface area contributed by atoms with Gasteiger partial charge in [0.15, 0.2) is 0 Å². The van der Waals surface area contributed by atoms with Crippen molar-refractivity contribution < 1.29 is 17.9 Å². The van der Waals surface area contributed by atoms with Crippen molar-refractivity contribution in [3.63, 3.8) is 0 Å². The summed E-state index contributed by atoms with van der Waals surface area (Å²) in [6.45, 7) is 2.85. The number of hydrogen-bond acceptors (Lipinski definition) is 3. The van der Waals surface area contributed by atoms with Gasteiger partial charge in [0.1, 0.15) is 5.82 Å². The van der Waals surface area contributed by atoms with Gasteiger partial charge in [-0.3, -0.25) is 0 Å². The van der Waals surface area contributed by atoms with E-state index in [2.05, 4.69) is 4.72 Å². The lowest BCUT2D eigenvalue weighted by atomic mass is 10.2. The number of hydrogen-bond donors (Lipinski definition) is 2. The quantitative estimate of drug-likeness (QED) is 0.834.